The molecule has 0 aromatic heterocycles. The van der Waals surface area contributed by atoms with Gasteiger partial charge in [0.05, 0.1) is 11.3 Å². The highest BCUT2D eigenvalue weighted by Gasteiger charge is 2.39. The lowest BCUT2D eigenvalue weighted by Crippen LogP contribution is -2.44. The molecule has 0 fully saturated rings. The number of amides is 1. The molecule has 0 bridgehead atoms. The summed E-state index contributed by atoms with van der Waals surface area (Å²) in [6, 6.07) is 34.6. The fourth-order valence-electron chi connectivity index (χ4n) is 5.05. The normalized spacial score (nSPS) is 14.5. The molecule has 4 rings (SSSR count). The van der Waals surface area contributed by atoms with E-state index in [0.29, 0.717) is 5.56 Å². The smallest absolute Gasteiger partial charge is 0.328 e. The molecule has 0 spiro atoms. The van der Waals surface area contributed by atoms with Crippen LogP contribution in [0.25, 0.3) is 11.1 Å². The second-order valence-corrected chi connectivity index (χ2v) is 15.6. The van der Waals surface area contributed by atoms with Gasteiger partial charge in [-0.1, -0.05) is 115 Å². The quantitative estimate of drug-likeness (QED) is 0.0760. The van der Waals surface area contributed by atoms with Crippen molar-refractivity contribution >= 4 is 25.2 Å². The average molecular weight is 685 g/mol. The third kappa shape index (κ3) is 11.0. The standard InChI is InChI=1S/C39H45N2O7P/c1-28(37(43)46-25-30-14-8-5-9-15-30)41-36(42)34(24-29-20-22-32(23-21-29)31-16-10-6-11-17-31)26-49(45,35(40)33-18-12-7-13-19-33)48-27-47-38(44)39(2,3)4/h5-23,28,34-35H,24-27,40H2,1-4H3,(H,41,42)/t28-,34+,35+,49?/m0/s1. The van der Waals surface area contributed by atoms with Gasteiger partial charge in [-0.15, -0.1) is 0 Å². The van der Waals surface area contributed by atoms with E-state index in [0.717, 1.165) is 22.3 Å². The number of hydrogen-bond acceptors (Lipinski definition) is 8. The molecule has 4 aromatic carbocycles. The van der Waals surface area contributed by atoms with Crippen molar-refractivity contribution in [3.8, 4) is 11.1 Å². The Hall–Kier alpha value is -4.56. The van der Waals surface area contributed by atoms with Crippen molar-refractivity contribution in [3.63, 3.8) is 0 Å². The van der Waals surface area contributed by atoms with Gasteiger partial charge in [0, 0.05) is 6.16 Å². The summed E-state index contributed by atoms with van der Waals surface area (Å²) in [5.74, 6) is -3.73. The summed E-state index contributed by atoms with van der Waals surface area (Å²) in [4.78, 5) is 39.3. The minimum absolute atomic E-state index is 0.0549. The number of benzene rings is 4. The molecule has 4 atom stereocenters. The maximum atomic E-state index is 14.8. The van der Waals surface area contributed by atoms with Gasteiger partial charge in [0.1, 0.15) is 18.4 Å². The number of esters is 2. The van der Waals surface area contributed by atoms with Crippen LogP contribution in [0.2, 0.25) is 0 Å². The maximum Gasteiger partial charge on any atom is 0.328 e. The molecule has 4 aromatic rings. The van der Waals surface area contributed by atoms with Gasteiger partial charge in [-0.2, -0.15) is 0 Å². The highest BCUT2D eigenvalue weighted by molar-refractivity contribution is 7.59. The van der Waals surface area contributed by atoms with Gasteiger partial charge in [-0.3, -0.25) is 18.7 Å². The number of hydrogen-bond donors (Lipinski definition) is 2. The van der Waals surface area contributed by atoms with Crippen molar-refractivity contribution < 1.29 is 32.9 Å². The predicted octanol–water partition coefficient (Wildman–Crippen LogP) is 7.26. The van der Waals surface area contributed by atoms with Crippen LogP contribution in [0.15, 0.2) is 115 Å². The second kappa shape index (κ2) is 17.2. The highest BCUT2D eigenvalue weighted by atomic mass is 31.2. The van der Waals surface area contributed by atoms with Gasteiger partial charge < -0.3 is 20.5 Å². The Morgan fingerprint density at radius 1 is 0.755 bits per heavy atom. The van der Waals surface area contributed by atoms with Crippen molar-refractivity contribution in [3.05, 3.63) is 132 Å². The van der Waals surface area contributed by atoms with E-state index in [2.05, 4.69) is 5.32 Å². The number of rotatable bonds is 15. The molecule has 0 radical (unpaired) electrons. The van der Waals surface area contributed by atoms with Crippen molar-refractivity contribution in [2.75, 3.05) is 13.0 Å². The van der Waals surface area contributed by atoms with Crippen molar-refractivity contribution in [2.45, 2.75) is 52.5 Å². The topological polar surface area (TPSA) is 134 Å². The SMILES string of the molecule is C[C@H](NC(=O)[C@H](Cc1ccc(-c2ccccc2)cc1)CP(=O)(OCOC(=O)C(C)(C)C)[C@@H](N)c1ccccc1)C(=O)OCc1ccccc1. The molecule has 1 amide bonds. The van der Waals surface area contributed by atoms with E-state index >= 15 is 0 Å². The van der Waals surface area contributed by atoms with Crippen LogP contribution >= 0.6 is 7.37 Å². The summed E-state index contributed by atoms with van der Waals surface area (Å²) in [6.45, 7) is 6.07. The second-order valence-electron chi connectivity index (χ2n) is 13.0. The zero-order chi connectivity index (χ0) is 35.4. The molecule has 0 aliphatic rings. The largest absolute Gasteiger partial charge is 0.459 e. The zero-order valence-electron chi connectivity index (χ0n) is 28.4. The van der Waals surface area contributed by atoms with E-state index in [1.165, 1.54) is 6.92 Å². The van der Waals surface area contributed by atoms with Crippen LogP contribution in [0, 0.1) is 11.3 Å². The maximum absolute atomic E-state index is 14.8. The van der Waals surface area contributed by atoms with Crippen LogP contribution in [-0.2, 0) is 46.0 Å². The average Bonchev–Trinajstić information content (AvgIpc) is 3.11. The zero-order valence-corrected chi connectivity index (χ0v) is 29.3. The summed E-state index contributed by atoms with van der Waals surface area (Å²) in [6.07, 6.45) is -0.114. The lowest BCUT2D eigenvalue weighted by molar-refractivity contribution is -0.159. The first-order valence-electron chi connectivity index (χ1n) is 16.2. The molecular weight excluding hydrogens is 639 g/mol. The Balaban J connectivity index is 1.59. The summed E-state index contributed by atoms with van der Waals surface area (Å²) in [7, 11) is -3.94. The van der Waals surface area contributed by atoms with E-state index < -0.39 is 55.2 Å². The van der Waals surface area contributed by atoms with Crippen LogP contribution in [0.5, 0.6) is 0 Å². The fraction of sp³-hybridized carbons (Fsp3) is 0.308. The molecule has 0 saturated heterocycles. The summed E-state index contributed by atoms with van der Waals surface area (Å²) in [5, 5.41) is 2.75. The lowest BCUT2D eigenvalue weighted by atomic mass is 9.97. The number of ether oxygens (including phenoxy) is 2. The Bertz CT molecular complexity index is 1710. The fourth-order valence-corrected chi connectivity index (χ4v) is 7.31. The van der Waals surface area contributed by atoms with Crippen LogP contribution in [0.1, 0.15) is 50.2 Å². The molecule has 258 valence electrons. The molecule has 9 nitrogen and oxygen atoms in total. The van der Waals surface area contributed by atoms with E-state index in [4.69, 9.17) is 19.7 Å². The Morgan fingerprint density at radius 3 is 1.90 bits per heavy atom. The van der Waals surface area contributed by atoms with Crippen LogP contribution in [0.4, 0.5) is 0 Å². The van der Waals surface area contributed by atoms with Crippen LogP contribution in [-0.4, -0.2) is 36.8 Å². The molecule has 49 heavy (non-hydrogen) atoms. The third-order valence-corrected chi connectivity index (χ3v) is 10.6. The predicted molar refractivity (Wildman–Crippen MR) is 190 cm³/mol. The van der Waals surface area contributed by atoms with Gasteiger partial charge in [-0.05, 0) is 61.9 Å². The summed E-state index contributed by atoms with van der Waals surface area (Å²) < 4.78 is 31.4. The van der Waals surface area contributed by atoms with Gasteiger partial charge >= 0.3 is 11.9 Å². The first-order valence-corrected chi connectivity index (χ1v) is 18.1. The molecule has 0 saturated carbocycles. The first-order chi connectivity index (χ1) is 23.4. The monoisotopic (exact) mass is 684 g/mol. The molecule has 0 aliphatic carbocycles. The van der Waals surface area contributed by atoms with E-state index in [9.17, 15) is 18.9 Å². The minimum Gasteiger partial charge on any atom is -0.459 e. The Morgan fingerprint density at radius 2 is 1.31 bits per heavy atom. The molecule has 1 unspecified atom stereocenters. The number of nitrogens with one attached hydrogen (secondary N) is 1. The molecule has 3 N–H and O–H groups in total. The Kier molecular flexibility index (Phi) is 13.1. The molecule has 10 heteroatoms. The van der Waals surface area contributed by atoms with E-state index in [-0.39, 0.29) is 19.2 Å². The van der Waals surface area contributed by atoms with Crippen molar-refractivity contribution in [1.82, 2.24) is 5.32 Å². The Labute approximate surface area is 288 Å². The van der Waals surface area contributed by atoms with Crippen molar-refractivity contribution in [2.24, 2.45) is 17.1 Å². The van der Waals surface area contributed by atoms with Gasteiger partial charge in [-0.25, -0.2) is 4.79 Å². The molecule has 0 heterocycles. The van der Waals surface area contributed by atoms with E-state index in [1.54, 1.807) is 51.1 Å². The molecular formula is C39H45N2O7P. The minimum atomic E-state index is -3.94. The van der Waals surface area contributed by atoms with Crippen molar-refractivity contribution in [1.29, 1.82) is 0 Å². The van der Waals surface area contributed by atoms with Crippen LogP contribution in [0.3, 0.4) is 0 Å². The van der Waals surface area contributed by atoms with Gasteiger partial charge in [0.2, 0.25) is 13.3 Å². The van der Waals surface area contributed by atoms with Gasteiger partial charge in [0.25, 0.3) is 0 Å². The highest BCUT2D eigenvalue weighted by Crippen LogP contribution is 2.58. The van der Waals surface area contributed by atoms with Gasteiger partial charge in [0.15, 0.2) is 6.79 Å². The number of carbonyl (C=O) groups is 3. The summed E-state index contributed by atoms with van der Waals surface area (Å²) >= 11 is 0. The third-order valence-electron chi connectivity index (χ3n) is 7.96. The lowest BCUT2D eigenvalue weighted by Gasteiger charge is -2.29. The molecule has 0 aliphatic heterocycles. The first kappa shape index (κ1) is 37.3. The summed E-state index contributed by atoms with van der Waals surface area (Å²) in [5.41, 5.74) is 10.0. The number of carbonyl (C=O) groups excluding carboxylic acids is 3. The number of nitrogens with two attached hydrogens (primary N) is 1. The van der Waals surface area contributed by atoms with E-state index in [1.807, 2.05) is 84.9 Å². The van der Waals surface area contributed by atoms with Crippen LogP contribution < -0.4 is 11.1 Å².